The van der Waals surface area contributed by atoms with Crippen molar-refractivity contribution in [3.05, 3.63) is 0 Å². The summed E-state index contributed by atoms with van der Waals surface area (Å²) < 4.78 is 12.1. The van der Waals surface area contributed by atoms with Crippen molar-refractivity contribution in [3.63, 3.8) is 0 Å². The molecule has 3 heteroatoms. The van der Waals surface area contributed by atoms with Gasteiger partial charge in [0.1, 0.15) is 0 Å². The molecule has 1 saturated heterocycles. The molecular formula is C24H48O3. The van der Waals surface area contributed by atoms with Gasteiger partial charge in [-0.3, -0.25) is 0 Å². The normalized spacial score (nSPS) is 25.8. The maximum Gasteiger partial charge on any atom is 0.162 e. The maximum absolute atomic E-state index is 10.5. The number of aliphatic hydroxyl groups is 1. The zero-order valence-corrected chi connectivity index (χ0v) is 18.6. The molecule has 0 bridgehead atoms. The molecule has 0 aromatic rings. The number of hydrogen-bond donors (Lipinski definition) is 1. The topological polar surface area (TPSA) is 38.7 Å². The van der Waals surface area contributed by atoms with Gasteiger partial charge in [0.15, 0.2) is 12.6 Å². The first-order valence-electron chi connectivity index (χ1n) is 12.2. The molecule has 1 N–H and O–H groups in total. The van der Waals surface area contributed by atoms with Gasteiger partial charge < -0.3 is 14.6 Å². The van der Waals surface area contributed by atoms with Crippen LogP contribution in [0.15, 0.2) is 0 Å². The molecule has 1 fully saturated rings. The van der Waals surface area contributed by atoms with Crippen LogP contribution in [-0.4, -0.2) is 23.8 Å². The third-order valence-electron chi connectivity index (χ3n) is 5.99. The lowest BCUT2D eigenvalue weighted by molar-refractivity contribution is -0.324. The van der Waals surface area contributed by atoms with Gasteiger partial charge >= 0.3 is 0 Å². The van der Waals surface area contributed by atoms with E-state index < -0.39 is 6.29 Å². The number of aliphatic hydroxyl groups excluding tert-OH is 1. The summed E-state index contributed by atoms with van der Waals surface area (Å²) in [6.45, 7) is 6.71. The smallest absolute Gasteiger partial charge is 0.162 e. The predicted molar refractivity (Wildman–Crippen MR) is 115 cm³/mol. The van der Waals surface area contributed by atoms with E-state index in [1.807, 2.05) is 0 Å². The van der Waals surface area contributed by atoms with Gasteiger partial charge in [0.05, 0.1) is 6.10 Å². The van der Waals surface area contributed by atoms with Crippen LogP contribution in [0.4, 0.5) is 0 Å². The van der Waals surface area contributed by atoms with Gasteiger partial charge in [-0.25, -0.2) is 0 Å². The van der Waals surface area contributed by atoms with Crippen molar-refractivity contribution in [2.24, 2.45) is 5.92 Å². The summed E-state index contributed by atoms with van der Waals surface area (Å²) in [5, 5.41) is 10.5. The number of ether oxygens (including phenoxy) is 2. The Kier molecular flexibility index (Phi) is 15.5. The van der Waals surface area contributed by atoms with Gasteiger partial charge in [-0.1, -0.05) is 104 Å². The Hall–Kier alpha value is -0.120. The van der Waals surface area contributed by atoms with Gasteiger partial charge in [0.25, 0.3) is 0 Å². The minimum absolute atomic E-state index is 0.154. The molecule has 0 aromatic carbocycles. The van der Waals surface area contributed by atoms with E-state index in [1.165, 1.54) is 70.6 Å². The van der Waals surface area contributed by atoms with Crippen molar-refractivity contribution in [1.82, 2.24) is 0 Å². The van der Waals surface area contributed by atoms with Gasteiger partial charge in [0.2, 0.25) is 0 Å². The highest BCUT2D eigenvalue weighted by molar-refractivity contribution is 4.78. The van der Waals surface area contributed by atoms with Crippen LogP contribution in [-0.2, 0) is 9.47 Å². The SMILES string of the molecule is CCCCCCCCCCCC1OC(O)C(CCCC)C(CCCCC)O1. The lowest BCUT2D eigenvalue weighted by Gasteiger charge is -2.40. The first-order valence-corrected chi connectivity index (χ1v) is 12.2. The van der Waals surface area contributed by atoms with Crippen molar-refractivity contribution >= 4 is 0 Å². The highest BCUT2D eigenvalue weighted by Crippen LogP contribution is 2.32. The second-order valence-corrected chi connectivity index (χ2v) is 8.55. The molecule has 0 aliphatic carbocycles. The molecule has 1 rings (SSSR count). The summed E-state index contributed by atoms with van der Waals surface area (Å²) in [7, 11) is 0. The van der Waals surface area contributed by atoms with Gasteiger partial charge in [-0.2, -0.15) is 0 Å². The summed E-state index contributed by atoms with van der Waals surface area (Å²) in [5.74, 6) is 0.154. The molecule has 3 nitrogen and oxygen atoms in total. The van der Waals surface area contributed by atoms with Gasteiger partial charge in [-0.05, 0) is 25.7 Å². The highest BCUT2D eigenvalue weighted by atomic mass is 16.7. The van der Waals surface area contributed by atoms with Gasteiger partial charge in [0, 0.05) is 5.92 Å². The Bertz CT molecular complexity index is 321. The lowest BCUT2D eigenvalue weighted by Crippen LogP contribution is -2.46. The van der Waals surface area contributed by atoms with Crippen LogP contribution >= 0.6 is 0 Å². The maximum atomic E-state index is 10.5. The van der Waals surface area contributed by atoms with Crippen LogP contribution in [0.5, 0.6) is 0 Å². The van der Waals surface area contributed by atoms with E-state index in [1.54, 1.807) is 0 Å². The molecular weight excluding hydrogens is 336 g/mol. The summed E-state index contributed by atoms with van der Waals surface area (Å²) in [6, 6.07) is 0. The number of unbranched alkanes of at least 4 members (excludes halogenated alkanes) is 11. The highest BCUT2D eigenvalue weighted by Gasteiger charge is 2.37. The average Bonchev–Trinajstić information content (AvgIpc) is 2.66. The average molecular weight is 385 g/mol. The predicted octanol–water partition coefficient (Wildman–Crippen LogP) is 7.35. The lowest BCUT2D eigenvalue weighted by atomic mass is 9.90. The molecule has 0 aromatic heterocycles. The number of hydrogen-bond acceptors (Lipinski definition) is 3. The fraction of sp³-hybridized carbons (Fsp3) is 1.00. The Morgan fingerprint density at radius 2 is 1.07 bits per heavy atom. The second kappa shape index (κ2) is 16.8. The Labute approximate surface area is 169 Å². The molecule has 0 radical (unpaired) electrons. The quantitative estimate of drug-likeness (QED) is 0.266. The number of rotatable bonds is 17. The molecule has 0 saturated carbocycles. The van der Waals surface area contributed by atoms with Crippen LogP contribution in [0.3, 0.4) is 0 Å². The largest absolute Gasteiger partial charge is 0.368 e. The Morgan fingerprint density at radius 3 is 1.70 bits per heavy atom. The second-order valence-electron chi connectivity index (χ2n) is 8.55. The summed E-state index contributed by atoms with van der Waals surface area (Å²) in [4.78, 5) is 0. The first kappa shape index (κ1) is 24.9. The van der Waals surface area contributed by atoms with Crippen LogP contribution in [0, 0.1) is 5.92 Å². The van der Waals surface area contributed by atoms with Crippen molar-refractivity contribution in [1.29, 1.82) is 0 Å². The van der Waals surface area contributed by atoms with Crippen LogP contribution < -0.4 is 0 Å². The standard InChI is InChI=1S/C24H48O3/c1-4-7-10-11-12-13-14-15-17-20-23-26-22(19-16-8-5-2)21(18-9-6-3)24(25)27-23/h21-25H,4-20H2,1-3H3. The van der Waals surface area contributed by atoms with Crippen molar-refractivity contribution in [3.8, 4) is 0 Å². The molecule has 4 atom stereocenters. The van der Waals surface area contributed by atoms with E-state index in [2.05, 4.69) is 20.8 Å². The van der Waals surface area contributed by atoms with Crippen molar-refractivity contribution in [2.45, 2.75) is 149 Å². The third-order valence-corrected chi connectivity index (χ3v) is 5.99. The van der Waals surface area contributed by atoms with Gasteiger partial charge in [-0.15, -0.1) is 0 Å². The van der Waals surface area contributed by atoms with E-state index in [9.17, 15) is 5.11 Å². The van der Waals surface area contributed by atoms with Crippen molar-refractivity contribution in [2.75, 3.05) is 0 Å². The summed E-state index contributed by atoms with van der Waals surface area (Å²) >= 11 is 0. The Morgan fingerprint density at radius 1 is 0.556 bits per heavy atom. The molecule has 1 heterocycles. The van der Waals surface area contributed by atoms with E-state index in [0.717, 1.165) is 38.5 Å². The minimum atomic E-state index is -0.638. The van der Waals surface area contributed by atoms with Crippen LogP contribution in [0.2, 0.25) is 0 Å². The van der Waals surface area contributed by atoms with E-state index >= 15 is 0 Å². The van der Waals surface area contributed by atoms with Crippen molar-refractivity contribution < 1.29 is 14.6 Å². The molecule has 1 aliphatic rings. The van der Waals surface area contributed by atoms with E-state index in [-0.39, 0.29) is 18.3 Å². The third kappa shape index (κ3) is 11.5. The van der Waals surface area contributed by atoms with E-state index in [4.69, 9.17) is 9.47 Å². The Balaban J connectivity index is 2.24. The molecule has 27 heavy (non-hydrogen) atoms. The molecule has 0 spiro atoms. The summed E-state index contributed by atoms with van der Waals surface area (Å²) in [5.41, 5.74) is 0. The van der Waals surface area contributed by atoms with E-state index in [0.29, 0.717) is 0 Å². The first-order chi connectivity index (χ1) is 13.2. The monoisotopic (exact) mass is 384 g/mol. The molecule has 4 unspecified atom stereocenters. The molecule has 0 amide bonds. The fourth-order valence-corrected chi connectivity index (χ4v) is 4.17. The summed E-state index contributed by atoms with van der Waals surface area (Å²) in [6.07, 6.45) is 20.3. The fourth-order valence-electron chi connectivity index (χ4n) is 4.17. The zero-order valence-electron chi connectivity index (χ0n) is 18.6. The molecule has 162 valence electrons. The molecule has 1 aliphatic heterocycles. The van der Waals surface area contributed by atoms with Crippen LogP contribution in [0.1, 0.15) is 130 Å². The minimum Gasteiger partial charge on any atom is -0.368 e. The van der Waals surface area contributed by atoms with Crippen LogP contribution in [0.25, 0.3) is 0 Å². The zero-order chi connectivity index (χ0) is 19.7.